The molecule has 0 aliphatic rings. The molecule has 2 aromatic rings. The van der Waals surface area contributed by atoms with Gasteiger partial charge in [-0.1, -0.05) is 30.3 Å². The molecule has 0 atom stereocenters. The van der Waals surface area contributed by atoms with Crippen molar-refractivity contribution in [2.75, 3.05) is 21.3 Å². The van der Waals surface area contributed by atoms with Crippen LogP contribution < -0.4 is 14.2 Å². The van der Waals surface area contributed by atoms with E-state index in [4.69, 9.17) is 18.9 Å². The fraction of sp³-hybridized carbons (Fsp3) is 0.235. The molecule has 5 nitrogen and oxygen atoms in total. The highest BCUT2D eigenvalue weighted by Gasteiger charge is 2.21. The van der Waals surface area contributed by atoms with Crippen molar-refractivity contribution in [3.8, 4) is 17.2 Å². The Morgan fingerprint density at radius 1 is 0.955 bits per heavy atom. The molecule has 0 radical (unpaired) electrons. The lowest BCUT2D eigenvalue weighted by Gasteiger charge is -2.14. The van der Waals surface area contributed by atoms with Crippen LogP contribution >= 0.6 is 0 Å². The van der Waals surface area contributed by atoms with Gasteiger partial charge in [0.05, 0.1) is 21.3 Å². The van der Waals surface area contributed by atoms with Crippen LogP contribution in [0.3, 0.4) is 0 Å². The van der Waals surface area contributed by atoms with Crippen LogP contribution in [-0.4, -0.2) is 27.3 Å². The molecule has 0 fully saturated rings. The lowest BCUT2D eigenvalue weighted by molar-refractivity contribution is 0.0593. The third-order valence-electron chi connectivity index (χ3n) is 3.12. The first-order valence-corrected chi connectivity index (χ1v) is 6.70. The maximum Gasteiger partial charge on any atom is 0.345 e. The van der Waals surface area contributed by atoms with Gasteiger partial charge in [0.25, 0.3) is 0 Å². The SMILES string of the molecule is COC(=O)c1c(OC)cc(OCc2ccccc2)cc1OC. The predicted octanol–water partition coefficient (Wildman–Crippen LogP) is 3.07. The van der Waals surface area contributed by atoms with Gasteiger partial charge in [-0.2, -0.15) is 0 Å². The molecular weight excluding hydrogens is 284 g/mol. The molecule has 2 rings (SSSR count). The number of esters is 1. The van der Waals surface area contributed by atoms with Crippen molar-refractivity contribution in [3.63, 3.8) is 0 Å². The monoisotopic (exact) mass is 302 g/mol. The zero-order valence-corrected chi connectivity index (χ0v) is 12.8. The zero-order valence-electron chi connectivity index (χ0n) is 12.8. The minimum Gasteiger partial charge on any atom is -0.496 e. The van der Waals surface area contributed by atoms with E-state index in [1.54, 1.807) is 12.1 Å². The quantitative estimate of drug-likeness (QED) is 0.768. The normalized spacial score (nSPS) is 9.95. The van der Waals surface area contributed by atoms with Gasteiger partial charge in [-0.15, -0.1) is 0 Å². The van der Waals surface area contributed by atoms with Gasteiger partial charge < -0.3 is 18.9 Å². The van der Waals surface area contributed by atoms with Crippen molar-refractivity contribution < 1.29 is 23.7 Å². The number of methoxy groups -OCH3 is 3. The number of benzene rings is 2. The van der Waals surface area contributed by atoms with Crippen LogP contribution in [0.5, 0.6) is 17.2 Å². The van der Waals surface area contributed by atoms with E-state index in [2.05, 4.69) is 0 Å². The Kier molecular flexibility index (Phi) is 5.25. The van der Waals surface area contributed by atoms with E-state index < -0.39 is 5.97 Å². The molecular formula is C17H18O5. The highest BCUT2D eigenvalue weighted by atomic mass is 16.5. The van der Waals surface area contributed by atoms with Crippen molar-refractivity contribution >= 4 is 5.97 Å². The lowest BCUT2D eigenvalue weighted by atomic mass is 10.1. The van der Waals surface area contributed by atoms with Crippen LogP contribution in [0.1, 0.15) is 15.9 Å². The number of carbonyl (C=O) groups excluding carboxylic acids is 1. The van der Waals surface area contributed by atoms with Gasteiger partial charge in [-0.3, -0.25) is 0 Å². The number of hydrogen-bond acceptors (Lipinski definition) is 5. The molecule has 0 N–H and O–H groups in total. The van der Waals surface area contributed by atoms with E-state index in [1.165, 1.54) is 21.3 Å². The highest BCUT2D eigenvalue weighted by molar-refractivity contribution is 5.96. The first-order valence-electron chi connectivity index (χ1n) is 6.70. The number of carbonyl (C=O) groups is 1. The first kappa shape index (κ1) is 15.7. The summed E-state index contributed by atoms with van der Waals surface area (Å²) < 4.78 is 21.0. The lowest BCUT2D eigenvalue weighted by Crippen LogP contribution is -2.07. The van der Waals surface area contributed by atoms with Crippen LogP contribution in [0.2, 0.25) is 0 Å². The molecule has 0 unspecified atom stereocenters. The molecule has 0 saturated carbocycles. The Morgan fingerprint density at radius 2 is 1.55 bits per heavy atom. The zero-order chi connectivity index (χ0) is 15.9. The minimum absolute atomic E-state index is 0.236. The third-order valence-corrected chi connectivity index (χ3v) is 3.12. The molecule has 2 aromatic carbocycles. The van der Waals surface area contributed by atoms with Crippen molar-refractivity contribution in [1.82, 2.24) is 0 Å². The van der Waals surface area contributed by atoms with E-state index in [0.717, 1.165) is 5.56 Å². The van der Waals surface area contributed by atoms with Crippen LogP contribution in [0.15, 0.2) is 42.5 Å². The topological polar surface area (TPSA) is 54.0 Å². The van der Waals surface area contributed by atoms with Crippen molar-refractivity contribution in [3.05, 3.63) is 53.6 Å². The molecule has 116 valence electrons. The van der Waals surface area contributed by atoms with Crippen LogP contribution in [0, 0.1) is 0 Å². The summed E-state index contributed by atoms with van der Waals surface area (Å²) in [5, 5.41) is 0. The smallest absolute Gasteiger partial charge is 0.345 e. The molecule has 0 spiro atoms. The predicted molar refractivity (Wildman–Crippen MR) is 81.7 cm³/mol. The third kappa shape index (κ3) is 3.49. The Morgan fingerprint density at radius 3 is 2.05 bits per heavy atom. The van der Waals surface area contributed by atoms with Crippen molar-refractivity contribution in [2.45, 2.75) is 6.61 Å². The summed E-state index contributed by atoms with van der Waals surface area (Å²) in [5.41, 5.74) is 1.28. The second kappa shape index (κ2) is 7.36. The van der Waals surface area contributed by atoms with Gasteiger partial charge in [0.1, 0.15) is 29.4 Å². The summed E-state index contributed by atoms with van der Waals surface area (Å²) in [6, 6.07) is 13.0. The summed E-state index contributed by atoms with van der Waals surface area (Å²) in [5.74, 6) is 0.706. The van der Waals surface area contributed by atoms with Crippen LogP contribution in [0.4, 0.5) is 0 Å². The maximum atomic E-state index is 11.8. The van der Waals surface area contributed by atoms with E-state index >= 15 is 0 Å². The molecule has 0 amide bonds. The Balaban J connectivity index is 2.27. The van der Waals surface area contributed by atoms with Crippen molar-refractivity contribution in [2.24, 2.45) is 0 Å². The average Bonchev–Trinajstić information content (AvgIpc) is 2.59. The van der Waals surface area contributed by atoms with Crippen LogP contribution in [0.25, 0.3) is 0 Å². The molecule has 0 aromatic heterocycles. The Bertz CT molecular complexity index is 612. The summed E-state index contributed by atoms with van der Waals surface area (Å²) in [7, 11) is 4.26. The molecule has 0 aliphatic carbocycles. The summed E-state index contributed by atoms with van der Waals surface area (Å²) in [4.78, 5) is 11.8. The fourth-order valence-electron chi connectivity index (χ4n) is 2.02. The van der Waals surface area contributed by atoms with Gasteiger partial charge in [0, 0.05) is 12.1 Å². The van der Waals surface area contributed by atoms with Crippen molar-refractivity contribution in [1.29, 1.82) is 0 Å². The number of rotatable bonds is 6. The Labute approximate surface area is 129 Å². The second-order valence-electron chi connectivity index (χ2n) is 4.47. The van der Waals surface area contributed by atoms with Gasteiger partial charge >= 0.3 is 5.97 Å². The number of hydrogen-bond donors (Lipinski definition) is 0. The highest BCUT2D eigenvalue weighted by Crippen LogP contribution is 2.34. The molecule has 0 aliphatic heterocycles. The van der Waals surface area contributed by atoms with Gasteiger partial charge in [-0.05, 0) is 5.56 Å². The molecule has 0 bridgehead atoms. The van der Waals surface area contributed by atoms with Gasteiger partial charge in [-0.25, -0.2) is 4.79 Å². The molecule has 0 heterocycles. The maximum absolute atomic E-state index is 11.8. The summed E-state index contributed by atoms with van der Waals surface area (Å²) >= 11 is 0. The summed E-state index contributed by atoms with van der Waals surface area (Å²) in [6.07, 6.45) is 0. The van der Waals surface area contributed by atoms with Gasteiger partial charge in [0.15, 0.2) is 0 Å². The molecule has 5 heteroatoms. The largest absolute Gasteiger partial charge is 0.496 e. The van der Waals surface area contributed by atoms with E-state index in [9.17, 15) is 4.79 Å². The van der Waals surface area contributed by atoms with Crippen LogP contribution in [-0.2, 0) is 11.3 Å². The minimum atomic E-state index is -0.525. The number of ether oxygens (including phenoxy) is 4. The fourth-order valence-corrected chi connectivity index (χ4v) is 2.02. The first-order chi connectivity index (χ1) is 10.7. The molecule has 0 saturated heterocycles. The van der Waals surface area contributed by atoms with E-state index in [1.807, 2.05) is 30.3 Å². The summed E-state index contributed by atoms with van der Waals surface area (Å²) in [6.45, 7) is 0.407. The van der Waals surface area contributed by atoms with E-state index in [-0.39, 0.29) is 5.56 Å². The van der Waals surface area contributed by atoms with E-state index in [0.29, 0.717) is 23.9 Å². The second-order valence-corrected chi connectivity index (χ2v) is 4.47. The standard InChI is InChI=1S/C17H18O5/c1-19-14-9-13(22-11-12-7-5-4-6-8-12)10-15(20-2)16(14)17(18)21-3/h4-10H,11H2,1-3H3. The Hall–Kier alpha value is -2.69. The average molecular weight is 302 g/mol. The van der Waals surface area contributed by atoms with Gasteiger partial charge in [0.2, 0.25) is 0 Å². The molecule has 22 heavy (non-hydrogen) atoms.